The Hall–Kier alpha value is -3.96. The minimum Gasteiger partial charge on any atom is -0.491 e. The SMILES string of the molecule is CN1CCN(CCN(c2ccc(C(=O)OCC(=O)OC(Cc3c(Cl)cncc3Cl)c3ccc(OC(F)F)c(OCC4CC4)c3)cc2OCC2CC2)S(C)(=O)=O)CC1. The molecule has 1 saturated heterocycles. The lowest BCUT2D eigenvalue weighted by Gasteiger charge is -2.34. The third-order valence-corrected chi connectivity index (χ3v) is 11.7. The van der Waals surface area contributed by atoms with Gasteiger partial charge in [0.05, 0.1) is 40.8 Å². The summed E-state index contributed by atoms with van der Waals surface area (Å²) in [5.74, 6) is -1.12. The van der Waals surface area contributed by atoms with Crippen molar-refractivity contribution in [2.75, 3.05) is 76.7 Å². The molecule has 3 aliphatic rings. The molecule has 57 heavy (non-hydrogen) atoms. The van der Waals surface area contributed by atoms with Crippen molar-refractivity contribution in [1.82, 2.24) is 14.8 Å². The summed E-state index contributed by atoms with van der Waals surface area (Å²) in [6.07, 6.45) is 6.64. The fourth-order valence-corrected chi connectivity index (χ4v) is 7.63. The van der Waals surface area contributed by atoms with Gasteiger partial charge in [0.1, 0.15) is 11.9 Å². The summed E-state index contributed by atoms with van der Waals surface area (Å²) in [7, 11) is -1.69. The van der Waals surface area contributed by atoms with Crippen LogP contribution in [0.5, 0.6) is 17.2 Å². The number of aromatic nitrogens is 1. The number of piperazine rings is 1. The number of anilines is 1. The fourth-order valence-electron chi connectivity index (χ4n) is 6.19. The number of carbonyl (C=O) groups is 2. The molecule has 13 nitrogen and oxygen atoms in total. The quantitative estimate of drug-likeness (QED) is 0.119. The zero-order valence-electron chi connectivity index (χ0n) is 31.7. The fraction of sp³-hybridized carbons (Fsp3) is 0.513. The molecule has 3 fully saturated rings. The van der Waals surface area contributed by atoms with Crippen LogP contribution in [0.25, 0.3) is 0 Å². The number of halogens is 4. The van der Waals surface area contributed by atoms with E-state index in [1.165, 1.54) is 53.1 Å². The highest BCUT2D eigenvalue weighted by molar-refractivity contribution is 7.92. The summed E-state index contributed by atoms with van der Waals surface area (Å²) in [5.41, 5.74) is 1.08. The number of alkyl halides is 2. The number of benzene rings is 2. The van der Waals surface area contributed by atoms with E-state index in [-0.39, 0.29) is 45.8 Å². The van der Waals surface area contributed by atoms with Crippen LogP contribution in [0.2, 0.25) is 10.0 Å². The van der Waals surface area contributed by atoms with E-state index >= 15 is 0 Å². The van der Waals surface area contributed by atoms with E-state index < -0.39 is 41.3 Å². The number of carbonyl (C=O) groups excluding carboxylic acids is 2. The third kappa shape index (κ3) is 12.5. The largest absolute Gasteiger partial charge is 0.491 e. The number of nitrogens with zero attached hydrogens (tertiary/aromatic N) is 4. The first kappa shape index (κ1) is 42.6. The number of hydrogen-bond donors (Lipinski definition) is 0. The number of sulfonamides is 1. The van der Waals surface area contributed by atoms with Crippen molar-refractivity contribution in [3.63, 3.8) is 0 Å². The Balaban J connectivity index is 1.18. The predicted molar refractivity (Wildman–Crippen MR) is 209 cm³/mol. The number of likely N-dealkylation sites (N-methyl/N-ethyl adjacent to an activating group) is 1. The smallest absolute Gasteiger partial charge is 0.387 e. The van der Waals surface area contributed by atoms with E-state index in [0.29, 0.717) is 48.4 Å². The van der Waals surface area contributed by atoms with Gasteiger partial charge in [-0.15, -0.1) is 0 Å². The van der Waals surface area contributed by atoms with E-state index in [1.807, 2.05) is 7.05 Å². The van der Waals surface area contributed by atoms with Crippen LogP contribution < -0.4 is 18.5 Å². The summed E-state index contributed by atoms with van der Waals surface area (Å²) in [6, 6.07) is 8.53. The molecule has 1 aromatic heterocycles. The highest BCUT2D eigenvalue weighted by Gasteiger charge is 2.29. The zero-order valence-corrected chi connectivity index (χ0v) is 34.0. The van der Waals surface area contributed by atoms with Crippen molar-refractivity contribution in [2.24, 2.45) is 11.8 Å². The average molecular weight is 856 g/mol. The van der Waals surface area contributed by atoms with Gasteiger partial charge in [0.15, 0.2) is 18.1 Å². The van der Waals surface area contributed by atoms with E-state index in [0.717, 1.165) is 58.1 Å². The lowest BCUT2D eigenvalue weighted by atomic mass is 10.0. The Kier molecular flexibility index (Phi) is 14.4. The minimum atomic E-state index is -3.74. The second-order valence-electron chi connectivity index (χ2n) is 14.6. The van der Waals surface area contributed by atoms with Crippen LogP contribution in [0.3, 0.4) is 0 Å². The van der Waals surface area contributed by atoms with Crippen molar-refractivity contribution >= 4 is 50.9 Å². The molecule has 1 unspecified atom stereocenters. The molecule has 2 aromatic carbocycles. The second-order valence-corrected chi connectivity index (χ2v) is 17.3. The Labute approximate surface area is 341 Å². The zero-order chi connectivity index (χ0) is 40.7. The number of rotatable bonds is 20. The van der Waals surface area contributed by atoms with Gasteiger partial charge in [-0.25, -0.2) is 18.0 Å². The second kappa shape index (κ2) is 19.2. The number of pyridine rings is 1. The molecular weight excluding hydrogens is 809 g/mol. The van der Waals surface area contributed by atoms with Crippen LogP contribution in [0.15, 0.2) is 48.8 Å². The summed E-state index contributed by atoms with van der Waals surface area (Å²) in [4.78, 5) is 35.1. The predicted octanol–water partition coefficient (Wildman–Crippen LogP) is 6.26. The van der Waals surface area contributed by atoms with Gasteiger partial charge >= 0.3 is 18.6 Å². The van der Waals surface area contributed by atoms with E-state index in [2.05, 4.69) is 19.5 Å². The molecule has 1 aliphatic heterocycles. The van der Waals surface area contributed by atoms with Crippen molar-refractivity contribution < 1.29 is 50.5 Å². The molecule has 0 spiro atoms. The standard InChI is InChI=1S/C39H46Cl2F2N4O9S/c1-45-11-13-46(14-12-45)15-16-47(57(2,50)51)32-9-7-28(18-35(32)52-22-25-3-4-25)38(49)54-24-37(48)55-34(19-29-30(40)20-44-21-31(29)41)27-8-10-33(56-39(42)43)36(17-27)53-23-26-5-6-26/h7-10,17-18,20-21,25-26,34,39H,3-6,11-16,19,22-24H2,1-2H3. The Morgan fingerprint density at radius 3 is 2.18 bits per heavy atom. The molecule has 18 heteroatoms. The van der Waals surface area contributed by atoms with Gasteiger partial charge in [-0.1, -0.05) is 29.3 Å². The highest BCUT2D eigenvalue weighted by Crippen LogP contribution is 2.39. The molecule has 6 rings (SSSR count). The molecule has 3 aromatic rings. The van der Waals surface area contributed by atoms with Gasteiger partial charge < -0.3 is 28.6 Å². The Morgan fingerprint density at radius 2 is 1.56 bits per heavy atom. The van der Waals surface area contributed by atoms with Gasteiger partial charge in [-0.2, -0.15) is 8.78 Å². The van der Waals surface area contributed by atoms with Gasteiger partial charge in [-0.3, -0.25) is 14.2 Å². The maximum absolute atomic E-state index is 13.4. The van der Waals surface area contributed by atoms with Crippen LogP contribution in [0.4, 0.5) is 14.5 Å². The van der Waals surface area contributed by atoms with Crippen LogP contribution in [0.1, 0.15) is 53.3 Å². The number of ether oxygens (including phenoxy) is 5. The molecule has 310 valence electrons. The summed E-state index contributed by atoms with van der Waals surface area (Å²) >= 11 is 12.8. The molecule has 0 radical (unpaired) electrons. The summed E-state index contributed by atoms with van der Waals surface area (Å²) in [5, 5.41) is 0.407. The Morgan fingerprint density at radius 1 is 0.912 bits per heavy atom. The van der Waals surface area contributed by atoms with Crippen molar-refractivity contribution in [2.45, 2.75) is 44.8 Å². The maximum atomic E-state index is 13.4. The molecule has 2 heterocycles. The van der Waals surface area contributed by atoms with E-state index in [4.69, 9.17) is 42.1 Å². The van der Waals surface area contributed by atoms with Crippen molar-refractivity contribution in [3.05, 3.63) is 75.5 Å². The average Bonchev–Trinajstić information content (AvgIpc) is 4.11. The molecule has 0 bridgehead atoms. The van der Waals surface area contributed by atoms with Crippen LogP contribution >= 0.6 is 23.2 Å². The lowest BCUT2D eigenvalue weighted by Crippen LogP contribution is -2.47. The highest BCUT2D eigenvalue weighted by atomic mass is 35.5. The van der Waals surface area contributed by atoms with Crippen molar-refractivity contribution in [3.8, 4) is 17.2 Å². The van der Waals surface area contributed by atoms with Crippen LogP contribution in [-0.4, -0.2) is 114 Å². The number of hydrogen-bond acceptors (Lipinski definition) is 12. The van der Waals surface area contributed by atoms with Gasteiger partial charge in [0.2, 0.25) is 10.0 Å². The minimum absolute atomic E-state index is 0.0313. The summed E-state index contributed by atoms with van der Waals surface area (Å²) < 4.78 is 81.7. The first-order valence-electron chi connectivity index (χ1n) is 18.7. The molecule has 2 aliphatic carbocycles. The van der Waals surface area contributed by atoms with Crippen molar-refractivity contribution in [1.29, 1.82) is 0 Å². The molecule has 2 saturated carbocycles. The van der Waals surface area contributed by atoms with Crippen LogP contribution in [-0.2, 0) is 30.7 Å². The monoisotopic (exact) mass is 854 g/mol. The van der Waals surface area contributed by atoms with E-state index in [9.17, 15) is 26.8 Å². The molecule has 1 atom stereocenters. The maximum Gasteiger partial charge on any atom is 0.387 e. The Bertz CT molecular complexity index is 1980. The topological polar surface area (TPSA) is 137 Å². The third-order valence-electron chi connectivity index (χ3n) is 9.91. The molecule has 0 N–H and O–H groups in total. The summed E-state index contributed by atoms with van der Waals surface area (Å²) in [6.45, 7) is 0.846. The normalized spacial score (nSPS) is 16.9. The van der Waals surface area contributed by atoms with Gasteiger partial charge in [-0.05, 0) is 86.0 Å². The molecule has 0 amide bonds. The van der Waals surface area contributed by atoms with E-state index in [1.54, 1.807) is 0 Å². The first-order valence-corrected chi connectivity index (χ1v) is 21.4. The molecular formula is C39H46Cl2F2N4O9S. The van der Waals surface area contributed by atoms with Crippen LogP contribution in [0, 0.1) is 11.8 Å². The van der Waals surface area contributed by atoms with Gasteiger partial charge in [0.25, 0.3) is 0 Å². The number of esters is 2. The lowest BCUT2D eigenvalue weighted by molar-refractivity contribution is -0.153. The first-order chi connectivity index (χ1) is 27.2. The van der Waals surface area contributed by atoms with Gasteiger partial charge in [0, 0.05) is 58.1 Å².